The lowest BCUT2D eigenvalue weighted by Crippen LogP contribution is -2.43. The summed E-state index contributed by atoms with van der Waals surface area (Å²) in [7, 11) is 0. The molecule has 1 fully saturated rings. The first kappa shape index (κ1) is 21.6. The van der Waals surface area contributed by atoms with Crippen LogP contribution in [0.2, 0.25) is 0 Å². The maximum absolute atomic E-state index is 11.6. The number of benzene rings is 1. The van der Waals surface area contributed by atoms with E-state index in [0.717, 1.165) is 52.4 Å². The van der Waals surface area contributed by atoms with Gasteiger partial charge >= 0.3 is 5.97 Å². The molecule has 1 saturated heterocycles. The van der Waals surface area contributed by atoms with Crippen LogP contribution in [0.3, 0.4) is 0 Å². The van der Waals surface area contributed by atoms with Gasteiger partial charge in [-0.05, 0) is 43.6 Å². The maximum atomic E-state index is 11.6. The van der Waals surface area contributed by atoms with E-state index in [9.17, 15) is 4.79 Å². The average Bonchev–Trinajstić information content (AvgIpc) is 2.68. The van der Waals surface area contributed by atoms with Crippen LogP contribution in [-0.2, 0) is 20.8 Å². The zero-order chi connectivity index (χ0) is 19.5. The van der Waals surface area contributed by atoms with Crippen molar-refractivity contribution in [2.45, 2.75) is 26.8 Å². The number of morpholine rings is 1. The van der Waals surface area contributed by atoms with Gasteiger partial charge in [-0.15, -0.1) is 0 Å². The highest BCUT2D eigenvalue weighted by molar-refractivity contribution is 7.80. The minimum absolute atomic E-state index is 0.0976. The Labute approximate surface area is 167 Å². The van der Waals surface area contributed by atoms with Crippen molar-refractivity contribution in [3.8, 4) is 0 Å². The zero-order valence-electron chi connectivity index (χ0n) is 16.4. The molecule has 0 amide bonds. The monoisotopic (exact) mass is 393 g/mol. The van der Waals surface area contributed by atoms with E-state index in [1.807, 2.05) is 12.1 Å². The van der Waals surface area contributed by atoms with Crippen molar-refractivity contribution in [1.82, 2.24) is 15.1 Å². The largest absolute Gasteiger partial charge is 0.465 e. The van der Waals surface area contributed by atoms with Crippen molar-refractivity contribution >= 4 is 23.3 Å². The third-order valence-electron chi connectivity index (χ3n) is 4.61. The standard InChI is InChI=1S/C20H31N3O3S/c1-3-26-19(24)15-21-20(27)23(16-18-8-5-4-7-17(18)2)10-6-9-22-11-13-25-14-12-22/h4-5,7-8H,3,6,9-16H2,1-2H3,(H,21,27). The first-order chi connectivity index (χ1) is 13.1. The molecule has 0 radical (unpaired) electrons. The van der Waals surface area contributed by atoms with Crippen LogP contribution < -0.4 is 5.32 Å². The lowest BCUT2D eigenvalue weighted by atomic mass is 10.1. The van der Waals surface area contributed by atoms with Crippen molar-refractivity contribution in [3.63, 3.8) is 0 Å². The molecule has 0 aliphatic carbocycles. The second-order valence-electron chi connectivity index (χ2n) is 6.62. The molecule has 0 saturated carbocycles. The predicted molar refractivity (Wildman–Crippen MR) is 111 cm³/mol. The van der Waals surface area contributed by atoms with Crippen LogP contribution in [-0.4, -0.2) is 73.4 Å². The van der Waals surface area contributed by atoms with Gasteiger partial charge in [0.1, 0.15) is 6.54 Å². The Balaban J connectivity index is 1.91. The molecule has 1 aliphatic heterocycles. The highest BCUT2D eigenvalue weighted by Gasteiger charge is 2.15. The van der Waals surface area contributed by atoms with Crippen LogP contribution >= 0.6 is 12.2 Å². The van der Waals surface area contributed by atoms with Crippen molar-refractivity contribution in [1.29, 1.82) is 0 Å². The van der Waals surface area contributed by atoms with Gasteiger partial charge in [-0.1, -0.05) is 24.3 Å². The third-order valence-corrected chi connectivity index (χ3v) is 5.01. The summed E-state index contributed by atoms with van der Waals surface area (Å²) >= 11 is 5.56. The summed E-state index contributed by atoms with van der Waals surface area (Å²) < 4.78 is 10.4. The number of esters is 1. The number of carbonyl (C=O) groups is 1. The van der Waals surface area contributed by atoms with Crippen LogP contribution in [0.4, 0.5) is 0 Å². The number of hydrogen-bond acceptors (Lipinski definition) is 5. The number of nitrogens with one attached hydrogen (secondary N) is 1. The van der Waals surface area contributed by atoms with Gasteiger partial charge in [-0.2, -0.15) is 0 Å². The normalized spacial score (nSPS) is 14.6. The fourth-order valence-electron chi connectivity index (χ4n) is 3.03. The number of thiocarbonyl (C=S) groups is 1. The van der Waals surface area contributed by atoms with E-state index in [1.165, 1.54) is 11.1 Å². The van der Waals surface area contributed by atoms with Crippen LogP contribution in [0.25, 0.3) is 0 Å². The Bertz CT molecular complexity index is 606. The van der Waals surface area contributed by atoms with Gasteiger partial charge in [0.15, 0.2) is 5.11 Å². The molecule has 0 aromatic heterocycles. The fourth-order valence-corrected chi connectivity index (χ4v) is 3.26. The molecule has 1 N–H and O–H groups in total. The summed E-state index contributed by atoms with van der Waals surface area (Å²) in [5.74, 6) is -0.288. The SMILES string of the molecule is CCOC(=O)CNC(=S)N(CCCN1CCOCC1)Cc1ccccc1C. The molecule has 2 rings (SSSR count). The first-order valence-corrected chi connectivity index (χ1v) is 10.0. The third kappa shape index (κ3) is 7.82. The van der Waals surface area contributed by atoms with Crippen LogP contribution in [0.15, 0.2) is 24.3 Å². The van der Waals surface area contributed by atoms with E-state index >= 15 is 0 Å². The average molecular weight is 394 g/mol. The molecule has 1 heterocycles. The van der Waals surface area contributed by atoms with Gasteiger partial charge in [0.2, 0.25) is 0 Å². The van der Waals surface area contributed by atoms with Crippen LogP contribution in [0.5, 0.6) is 0 Å². The van der Waals surface area contributed by atoms with Crippen LogP contribution in [0, 0.1) is 6.92 Å². The zero-order valence-corrected chi connectivity index (χ0v) is 17.2. The highest BCUT2D eigenvalue weighted by atomic mass is 32.1. The molecule has 0 unspecified atom stereocenters. The van der Waals surface area contributed by atoms with Gasteiger partial charge in [-0.25, -0.2) is 0 Å². The number of rotatable bonds is 9. The van der Waals surface area contributed by atoms with E-state index in [0.29, 0.717) is 11.7 Å². The van der Waals surface area contributed by atoms with Gasteiger partial charge in [-0.3, -0.25) is 9.69 Å². The van der Waals surface area contributed by atoms with Gasteiger partial charge in [0.05, 0.1) is 19.8 Å². The molecule has 1 aromatic carbocycles. The fraction of sp³-hybridized carbons (Fsp3) is 0.600. The molecule has 0 bridgehead atoms. The van der Waals surface area contributed by atoms with E-state index in [2.05, 4.69) is 34.2 Å². The summed E-state index contributed by atoms with van der Waals surface area (Å²) in [6.45, 7) is 10.6. The number of carbonyl (C=O) groups excluding carboxylic acids is 1. The summed E-state index contributed by atoms with van der Waals surface area (Å²) in [5, 5.41) is 3.64. The minimum atomic E-state index is -0.288. The lowest BCUT2D eigenvalue weighted by molar-refractivity contribution is -0.141. The van der Waals surface area contributed by atoms with Gasteiger partial charge in [0.25, 0.3) is 0 Å². The summed E-state index contributed by atoms with van der Waals surface area (Å²) in [4.78, 5) is 16.2. The first-order valence-electron chi connectivity index (χ1n) is 9.63. The second kappa shape index (κ2) is 11.9. The number of ether oxygens (including phenoxy) is 2. The molecule has 150 valence electrons. The Kier molecular flexibility index (Phi) is 9.52. The van der Waals surface area contributed by atoms with Crippen molar-refractivity contribution < 1.29 is 14.3 Å². The molecule has 27 heavy (non-hydrogen) atoms. The number of hydrogen-bond donors (Lipinski definition) is 1. The molecular weight excluding hydrogens is 362 g/mol. The lowest BCUT2D eigenvalue weighted by Gasteiger charge is -2.30. The van der Waals surface area contributed by atoms with Crippen molar-refractivity contribution in [3.05, 3.63) is 35.4 Å². The summed E-state index contributed by atoms with van der Waals surface area (Å²) in [6, 6.07) is 8.32. The maximum Gasteiger partial charge on any atom is 0.325 e. The minimum Gasteiger partial charge on any atom is -0.465 e. The second-order valence-corrected chi connectivity index (χ2v) is 7.01. The smallest absolute Gasteiger partial charge is 0.325 e. The molecule has 1 aliphatic rings. The Morgan fingerprint density at radius 3 is 2.78 bits per heavy atom. The quantitative estimate of drug-likeness (QED) is 0.508. The summed E-state index contributed by atoms with van der Waals surface area (Å²) in [6.07, 6.45) is 1.01. The Hall–Kier alpha value is -1.70. The van der Waals surface area contributed by atoms with E-state index in [4.69, 9.17) is 21.7 Å². The van der Waals surface area contributed by atoms with E-state index in [1.54, 1.807) is 6.92 Å². The Morgan fingerprint density at radius 1 is 1.33 bits per heavy atom. The molecular formula is C20H31N3O3S. The Morgan fingerprint density at radius 2 is 2.07 bits per heavy atom. The van der Waals surface area contributed by atoms with Crippen LogP contribution in [0.1, 0.15) is 24.5 Å². The van der Waals surface area contributed by atoms with Gasteiger partial charge in [0, 0.05) is 32.7 Å². The molecule has 0 atom stereocenters. The topological polar surface area (TPSA) is 54.0 Å². The van der Waals surface area contributed by atoms with Crippen molar-refractivity contribution in [2.24, 2.45) is 0 Å². The van der Waals surface area contributed by atoms with Gasteiger partial charge < -0.3 is 19.7 Å². The summed E-state index contributed by atoms with van der Waals surface area (Å²) in [5.41, 5.74) is 2.48. The van der Waals surface area contributed by atoms with Crippen molar-refractivity contribution in [2.75, 3.05) is 52.5 Å². The number of nitrogens with zero attached hydrogens (tertiary/aromatic N) is 2. The number of aryl methyl sites for hydroxylation is 1. The van der Waals surface area contributed by atoms with E-state index in [-0.39, 0.29) is 12.5 Å². The predicted octanol–water partition coefficient (Wildman–Crippen LogP) is 1.96. The molecule has 7 heteroatoms. The molecule has 1 aromatic rings. The highest BCUT2D eigenvalue weighted by Crippen LogP contribution is 2.11. The molecule has 0 spiro atoms. The van der Waals surface area contributed by atoms with E-state index < -0.39 is 0 Å². The molecule has 6 nitrogen and oxygen atoms in total.